The minimum Gasteiger partial charge on any atom is -0.318 e. The highest BCUT2D eigenvalue weighted by molar-refractivity contribution is 7.99. The first kappa shape index (κ1) is 20.9. The van der Waals surface area contributed by atoms with Crippen LogP contribution in [0.4, 0.5) is 0 Å². The summed E-state index contributed by atoms with van der Waals surface area (Å²) >= 11 is 1.59. The highest BCUT2D eigenvalue weighted by Gasteiger charge is 2.11. The van der Waals surface area contributed by atoms with Crippen molar-refractivity contribution in [3.8, 4) is 5.69 Å². The number of thioether (sulfide) groups is 1. The average Bonchev–Trinajstić information content (AvgIpc) is 2.97. The molecule has 3 rings (SSSR count). The Morgan fingerprint density at radius 2 is 1.79 bits per heavy atom. The van der Waals surface area contributed by atoms with Gasteiger partial charge in [0.2, 0.25) is 5.91 Å². The van der Waals surface area contributed by atoms with Crippen molar-refractivity contribution >= 4 is 23.9 Å². The molecule has 150 valence electrons. The summed E-state index contributed by atoms with van der Waals surface area (Å²) in [5, 5.41) is 4.16. The minimum absolute atomic E-state index is 0.0916. The fraction of sp³-hybridized carbons (Fsp3) is 0.250. The van der Waals surface area contributed by atoms with Gasteiger partial charge in [0.15, 0.2) is 0 Å². The van der Waals surface area contributed by atoms with Gasteiger partial charge < -0.3 is 4.57 Å². The van der Waals surface area contributed by atoms with Gasteiger partial charge in [-0.15, -0.1) is 11.8 Å². The van der Waals surface area contributed by atoms with Gasteiger partial charge in [0.05, 0.1) is 12.0 Å². The topological polar surface area (TPSA) is 46.4 Å². The molecule has 2 aromatic carbocycles. The molecule has 0 fully saturated rings. The van der Waals surface area contributed by atoms with Crippen LogP contribution in [-0.4, -0.2) is 22.4 Å². The Kier molecular flexibility index (Phi) is 6.94. The maximum Gasteiger partial charge on any atom is 0.250 e. The van der Waals surface area contributed by atoms with Crippen LogP contribution < -0.4 is 5.43 Å². The van der Waals surface area contributed by atoms with Crippen LogP contribution in [0.1, 0.15) is 33.6 Å². The quantitative estimate of drug-likeness (QED) is 0.439. The number of carbonyl (C=O) groups is 1. The lowest BCUT2D eigenvalue weighted by molar-refractivity contribution is -0.118. The summed E-state index contributed by atoms with van der Waals surface area (Å²) in [6, 6.07) is 18.8. The predicted molar refractivity (Wildman–Crippen MR) is 123 cm³/mol. The summed E-state index contributed by atoms with van der Waals surface area (Å²) in [4.78, 5) is 12.0. The Morgan fingerprint density at radius 1 is 1.07 bits per heavy atom. The number of nitrogens with zero attached hydrogens (tertiary/aromatic N) is 2. The fourth-order valence-electron chi connectivity index (χ4n) is 3.26. The third kappa shape index (κ3) is 5.39. The number of hydrogen-bond donors (Lipinski definition) is 1. The van der Waals surface area contributed by atoms with E-state index in [1.54, 1.807) is 18.0 Å². The molecule has 0 aliphatic carbocycles. The third-order valence-electron chi connectivity index (χ3n) is 4.84. The van der Waals surface area contributed by atoms with Crippen LogP contribution >= 0.6 is 11.8 Å². The van der Waals surface area contributed by atoms with Crippen molar-refractivity contribution < 1.29 is 4.79 Å². The van der Waals surface area contributed by atoms with Gasteiger partial charge in [0.25, 0.3) is 0 Å². The SMILES string of the molecule is Cc1ccc(CSCC(=O)N/N=C/c2cc(C)n(-c3ccccc3C)c2C)cc1. The Hall–Kier alpha value is -2.79. The van der Waals surface area contributed by atoms with Crippen LogP contribution in [0.25, 0.3) is 5.69 Å². The highest BCUT2D eigenvalue weighted by atomic mass is 32.2. The van der Waals surface area contributed by atoms with E-state index in [-0.39, 0.29) is 5.91 Å². The number of aryl methyl sites for hydroxylation is 3. The van der Waals surface area contributed by atoms with Crippen LogP contribution in [-0.2, 0) is 10.5 Å². The molecule has 0 aliphatic rings. The number of hydrazone groups is 1. The molecule has 0 atom stereocenters. The average molecular weight is 406 g/mol. The highest BCUT2D eigenvalue weighted by Crippen LogP contribution is 2.22. The summed E-state index contributed by atoms with van der Waals surface area (Å²) in [7, 11) is 0. The Labute approximate surface area is 177 Å². The van der Waals surface area contributed by atoms with Gasteiger partial charge in [-0.25, -0.2) is 5.43 Å². The zero-order valence-corrected chi connectivity index (χ0v) is 18.2. The van der Waals surface area contributed by atoms with Crippen molar-refractivity contribution in [3.63, 3.8) is 0 Å². The molecule has 1 heterocycles. The lowest BCUT2D eigenvalue weighted by Crippen LogP contribution is -2.19. The summed E-state index contributed by atoms with van der Waals surface area (Å²) < 4.78 is 2.22. The van der Waals surface area contributed by atoms with Gasteiger partial charge in [-0.2, -0.15) is 5.10 Å². The molecule has 5 heteroatoms. The van der Waals surface area contributed by atoms with Gasteiger partial charge in [0.1, 0.15) is 0 Å². The molecule has 0 saturated carbocycles. The lowest BCUT2D eigenvalue weighted by Gasteiger charge is -2.12. The van der Waals surface area contributed by atoms with E-state index in [1.807, 2.05) is 12.1 Å². The van der Waals surface area contributed by atoms with E-state index in [1.165, 1.54) is 22.4 Å². The van der Waals surface area contributed by atoms with Gasteiger partial charge in [-0.05, 0) is 51.0 Å². The normalized spacial score (nSPS) is 11.2. The minimum atomic E-state index is -0.0916. The van der Waals surface area contributed by atoms with E-state index < -0.39 is 0 Å². The van der Waals surface area contributed by atoms with Crippen LogP contribution in [0.2, 0.25) is 0 Å². The smallest absolute Gasteiger partial charge is 0.250 e. The van der Waals surface area contributed by atoms with E-state index in [2.05, 4.69) is 85.3 Å². The number of nitrogens with one attached hydrogen (secondary N) is 1. The predicted octanol–water partition coefficient (Wildman–Crippen LogP) is 5.09. The fourth-order valence-corrected chi connectivity index (χ4v) is 4.04. The van der Waals surface area contributed by atoms with Crippen molar-refractivity contribution in [3.05, 3.63) is 88.2 Å². The molecular formula is C24H27N3OS. The molecule has 1 aromatic heterocycles. The molecule has 29 heavy (non-hydrogen) atoms. The number of rotatable bonds is 7. The van der Waals surface area contributed by atoms with E-state index >= 15 is 0 Å². The van der Waals surface area contributed by atoms with Crippen LogP contribution in [0.3, 0.4) is 0 Å². The second-order valence-electron chi connectivity index (χ2n) is 7.22. The van der Waals surface area contributed by atoms with Crippen molar-refractivity contribution in [2.75, 3.05) is 5.75 Å². The molecule has 3 aromatic rings. The van der Waals surface area contributed by atoms with Crippen molar-refractivity contribution in [1.82, 2.24) is 9.99 Å². The van der Waals surface area contributed by atoms with Crippen LogP contribution in [0.5, 0.6) is 0 Å². The first-order valence-electron chi connectivity index (χ1n) is 9.66. The molecular weight excluding hydrogens is 378 g/mol. The van der Waals surface area contributed by atoms with E-state index in [9.17, 15) is 4.79 Å². The second kappa shape index (κ2) is 9.61. The third-order valence-corrected chi connectivity index (χ3v) is 5.85. The zero-order chi connectivity index (χ0) is 20.8. The molecule has 1 amide bonds. The number of aromatic nitrogens is 1. The van der Waals surface area contributed by atoms with Crippen molar-refractivity contribution in [2.24, 2.45) is 5.10 Å². The van der Waals surface area contributed by atoms with Crippen molar-refractivity contribution in [1.29, 1.82) is 0 Å². The number of carbonyl (C=O) groups excluding carboxylic acids is 1. The van der Waals surface area contributed by atoms with Crippen molar-refractivity contribution in [2.45, 2.75) is 33.4 Å². The zero-order valence-electron chi connectivity index (χ0n) is 17.4. The Morgan fingerprint density at radius 3 is 2.52 bits per heavy atom. The summed E-state index contributed by atoms with van der Waals surface area (Å²) in [5.74, 6) is 1.11. The lowest BCUT2D eigenvalue weighted by atomic mass is 10.2. The van der Waals surface area contributed by atoms with Crippen LogP contribution in [0.15, 0.2) is 59.7 Å². The molecule has 0 saturated heterocycles. The van der Waals surface area contributed by atoms with E-state index in [4.69, 9.17) is 0 Å². The van der Waals surface area contributed by atoms with Gasteiger partial charge >= 0.3 is 0 Å². The molecule has 0 spiro atoms. The number of amides is 1. The van der Waals surface area contributed by atoms with E-state index in [0.29, 0.717) is 5.75 Å². The summed E-state index contributed by atoms with van der Waals surface area (Å²) in [6.07, 6.45) is 1.72. The maximum atomic E-state index is 12.0. The Bertz CT molecular complexity index is 1020. The number of para-hydroxylation sites is 1. The van der Waals surface area contributed by atoms with Gasteiger partial charge in [-0.1, -0.05) is 48.0 Å². The summed E-state index contributed by atoms with van der Waals surface area (Å²) in [5.41, 5.74) is 10.7. The number of benzene rings is 2. The Balaban J connectivity index is 1.56. The summed E-state index contributed by atoms with van der Waals surface area (Å²) in [6.45, 7) is 8.33. The second-order valence-corrected chi connectivity index (χ2v) is 8.21. The standard InChI is InChI=1S/C24H27N3OS/c1-17-9-11-21(12-10-17)15-29-16-24(28)26-25-14-22-13-19(3)27(20(22)4)23-8-6-5-7-18(23)2/h5-14H,15-16H2,1-4H3,(H,26,28)/b25-14+. The molecule has 0 bridgehead atoms. The maximum absolute atomic E-state index is 12.0. The molecule has 0 radical (unpaired) electrons. The first-order chi connectivity index (χ1) is 14.0. The molecule has 0 unspecified atom stereocenters. The monoisotopic (exact) mass is 405 g/mol. The van der Waals surface area contributed by atoms with E-state index in [0.717, 1.165) is 22.7 Å². The van der Waals surface area contributed by atoms with Gasteiger partial charge in [0, 0.05) is 28.4 Å². The van der Waals surface area contributed by atoms with Gasteiger partial charge in [-0.3, -0.25) is 4.79 Å². The molecule has 0 aliphatic heterocycles. The number of hydrogen-bond acceptors (Lipinski definition) is 3. The van der Waals surface area contributed by atoms with Crippen LogP contribution in [0, 0.1) is 27.7 Å². The largest absolute Gasteiger partial charge is 0.318 e. The first-order valence-corrected chi connectivity index (χ1v) is 10.8. The molecule has 4 nitrogen and oxygen atoms in total. The molecule has 1 N–H and O–H groups in total.